The minimum atomic E-state index is 0. The topological polar surface area (TPSA) is 43.8 Å². The fourth-order valence-electron chi connectivity index (χ4n) is 1.66. The van der Waals surface area contributed by atoms with Crippen molar-refractivity contribution in [2.75, 3.05) is 0 Å². The van der Waals surface area contributed by atoms with Crippen molar-refractivity contribution in [2.45, 2.75) is 38.8 Å². The zero-order valence-electron chi connectivity index (χ0n) is 9.27. The van der Waals surface area contributed by atoms with E-state index in [-0.39, 0.29) is 30.9 Å². The summed E-state index contributed by atoms with van der Waals surface area (Å²) >= 11 is 0. The van der Waals surface area contributed by atoms with Gasteiger partial charge < -0.3 is 10.3 Å². The Hall–Kier alpha value is -0.690. The molecule has 0 aliphatic carbocycles. The summed E-state index contributed by atoms with van der Waals surface area (Å²) in [4.78, 5) is 4.32. The van der Waals surface area contributed by atoms with Crippen LogP contribution in [0.1, 0.15) is 31.3 Å². The van der Waals surface area contributed by atoms with E-state index in [9.17, 15) is 0 Å². The predicted molar refractivity (Wildman–Crippen MR) is 70.2 cm³/mol. The second kappa shape index (κ2) is 6.80. The Morgan fingerprint density at radius 1 is 1.56 bits per heavy atom. The van der Waals surface area contributed by atoms with Crippen molar-refractivity contribution in [1.29, 1.82) is 0 Å². The minimum absolute atomic E-state index is 0. The third-order valence-electron chi connectivity index (χ3n) is 2.36. The molecular formula is C11H17Cl2N3. The van der Waals surface area contributed by atoms with Crippen molar-refractivity contribution >= 4 is 24.8 Å². The van der Waals surface area contributed by atoms with Gasteiger partial charge in [-0.1, -0.05) is 5.92 Å². The number of imidazole rings is 1. The summed E-state index contributed by atoms with van der Waals surface area (Å²) < 4.78 is 2.20. The lowest BCUT2D eigenvalue weighted by Crippen LogP contribution is -2.12. The summed E-state index contributed by atoms with van der Waals surface area (Å²) in [6.45, 7) is 3.03. The molecule has 1 aromatic rings. The van der Waals surface area contributed by atoms with Gasteiger partial charge in [-0.05, 0) is 19.3 Å². The molecule has 90 valence electrons. The smallest absolute Gasteiger partial charge is 0.112 e. The molecule has 1 atom stereocenters. The van der Waals surface area contributed by atoms with E-state index in [1.54, 1.807) is 0 Å². The van der Waals surface area contributed by atoms with Crippen molar-refractivity contribution in [2.24, 2.45) is 5.73 Å². The van der Waals surface area contributed by atoms with Crippen LogP contribution in [0.4, 0.5) is 0 Å². The molecule has 3 nitrogen and oxygen atoms in total. The van der Waals surface area contributed by atoms with Gasteiger partial charge in [0.05, 0.1) is 6.20 Å². The Kier molecular flexibility index (Phi) is 6.51. The lowest BCUT2D eigenvalue weighted by molar-refractivity contribution is 0.741. The van der Waals surface area contributed by atoms with Crippen LogP contribution in [0.15, 0.2) is 6.20 Å². The van der Waals surface area contributed by atoms with Gasteiger partial charge in [-0.25, -0.2) is 4.98 Å². The van der Waals surface area contributed by atoms with E-state index in [4.69, 9.17) is 5.73 Å². The summed E-state index contributed by atoms with van der Waals surface area (Å²) in [5.74, 6) is 7.38. The van der Waals surface area contributed by atoms with Gasteiger partial charge in [0.25, 0.3) is 0 Å². The number of hydrogen-bond acceptors (Lipinski definition) is 2. The van der Waals surface area contributed by atoms with Gasteiger partial charge >= 0.3 is 0 Å². The van der Waals surface area contributed by atoms with Crippen molar-refractivity contribution in [3.8, 4) is 11.8 Å². The molecule has 0 aromatic carbocycles. The molecule has 0 radical (unpaired) electrons. The summed E-state index contributed by atoms with van der Waals surface area (Å²) in [6.07, 6.45) is 4.91. The second-order valence-corrected chi connectivity index (χ2v) is 3.80. The van der Waals surface area contributed by atoms with Gasteiger partial charge in [0, 0.05) is 25.4 Å². The molecule has 0 unspecified atom stereocenters. The highest BCUT2D eigenvalue weighted by Gasteiger charge is 2.13. The largest absolute Gasteiger partial charge is 0.327 e. The quantitative estimate of drug-likeness (QED) is 0.784. The highest BCUT2D eigenvalue weighted by molar-refractivity contribution is 5.85. The Morgan fingerprint density at radius 2 is 2.31 bits per heavy atom. The lowest BCUT2D eigenvalue weighted by atomic mass is 10.2. The highest BCUT2D eigenvalue weighted by Crippen LogP contribution is 2.14. The van der Waals surface area contributed by atoms with Crippen molar-refractivity contribution in [1.82, 2.24) is 9.55 Å². The monoisotopic (exact) mass is 261 g/mol. The normalized spacial score (nSPS) is 13.9. The third-order valence-corrected chi connectivity index (χ3v) is 2.36. The van der Waals surface area contributed by atoms with Crippen molar-refractivity contribution in [3.63, 3.8) is 0 Å². The number of hydrogen-bond donors (Lipinski definition) is 1. The molecule has 0 saturated carbocycles. The van der Waals surface area contributed by atoms with Crippen LogP contribution < -0.4 is 5.73 Å². The molecule has 0 saturated heterocycles. The number of halogens is 2. The van der Waals surface area contributed by atoms with Crippen LogP contribution >= 0.6 is 24.8 Å². The number of aryl methyl sites for hydroxylation is 1. The molecule has 0 amide bonds. The molecule has 16 heavy (non-hydrogen) atoms. The molecule has 2 rings (SSSR count). The first-order valence-corrected chi connectivity index (χ1v) is 5.06. The Bertz CT molecular complexity index is 388. The summed E-state index contributed by atoms with van der Waals surface area (Å²) in [7, 11) is 0. The average molecular weight is 262 g/mol. The predicted octanol–water partition coefficient (Wildman–Crippen LogP) is 1.76. The van der Waals surface area contributed by atoms with Crippen LogP contribution in [-0.2, 0) is 13.0 Å². The highest BCUT2D eigenvalue weighted by atomic mass is 35.5. The molecule has 2 heterocycles. The zero-order chi connectivity index (χ0) is 9.97. The van der Waals surface area contributed by atoms with Gasteiger partial charge in [0.15, 0.2) is 0 Å². The molecule has 5 heteroatoms. The molecule has 1 aliphatic rings. The summed E-state index contributed by atoms with van der Waals surface area (Å²) in [5, 5.41) is 0. The van der Waals surface area contributed by atoms with Gasteiger partial charge in [0.1, 0.15) is 11.5 Å². The van der Waals surface area contributed by atoms with E-state index in [2.05, 4.69) is 21.4 Å². The van der Waals surface area contributed by atoms with Gasteiger partial charge in [-0.15, -0.1) is 24.8 Å². The fourth-order valence-corrected chi connectivity index (χ4v) is 1.66. The number of nitrogens with two attached hydrogens (primary N) is 1. The van der Waals surface area contributed by atoms with Gasteiger partial charge in [0.2, 0.25) is 0 Å². The Balaban J connectivity index is 0.00000112. The molecule has 0 bridgehead atoms. The molecule has 1 aromatic heterocycles. The number of aromatic nitrogens is 2. The molecule has 1 aliphatic heterocycles. The SMILES string of the molecule is C[C@H](N)CC#Cc1cnc2n1CCC2.Cl.Cl. The van der Waals surface area contributed by atoms with Crippen LogP contribution in [0, 0.1) is 11.8 Å². The Morgan fingerprint density at radius 3 is 3.00 bits per heavy atom. The third kappa shape index (κ3) is 3.41. The van der Waals surface area contributed by atoms with E-state index in [0.29, 0.717) is 0 Å². The maximum atomic E-state index is 5.62. The summed E-state index contributed by atoms with van der Waals surface area (Å²) in [6, 6.07) is 0.156. The fraction of sp³-hybridized carbons (Fsp3) is 0.545. The second-order valence-electron chi connectivity index (χ2n) is 3.80. The van der Waals surface area contributed by atoms with E-state index < -0.39 is 0 Å². The lowest BCUT2D eigenvalue weighted by Gasteiger charge is -1.97. The molecule has 2 N–H and O–H groups in total. The maximum absolute atomic E-state index is 5.62. The Labute approximate surface area is 109 Å². The van der Waals surface area contributed by atoms with Crippen LogP contribution in [0.3, 0.4) is 0 Å². The van der Waals surface area contributed by atoms with Crippen LogP contribution in [0.25, 0.3) is 0 Å². The average Bonchev–Trinajstić information content (AvgIpc) is 2.67. The van der Waals surface area contributed by atoms with E-state index >= 15 is 0 Å². The molecule has 0 spiro atoms. The van der Waals surface area contributed by atoms with Crippen LogP contribution in [0.5, 0.6) is 0 Å². The molecule has 0 fully saturated rings. The minimum Gasteiger partial charge on any atom is -0.327 e. The van der Waals surface area contributed by atoms with E-state index in [0.717, 1.165) is 25.1 Å². The molecular weight excluding hydrogens is 245 g/mol. The van der Waals surface area contributed by atoms with Gasteiger partial charge in [-0.3, -0.25) is 0 Å². The van der Waals surface area contributed by atoms with Crippen molar-refractivity contribution < 1.29 is 0 Å². The number of rotatable bonds is 1. The first-order valence-electron chi connectivity index (χ1n) is 5.06. The number of nitrogens with zero attached hydrogens (tertiary/aromatic N) is 2. The first-order chi connectivity index (χ1) is 6.77. The standard InChI is InChI=1S/C11H15N3.2ClH/c1-9(12)4-2-5-10-8-13-11-6-3-7-14(10)11;;/h8-9H,3-4,6-7,12H2,1H3;2*1H/t9-;;/m0../s1. The van der Waals surface area contributed by atoms with Crippen LogP contribution in [-0.4, -0.2) is 15.6 Å². The van der Waals surface area contributed by atoms with E-state index in [1.165, 1.54) is 12.2 Å². The van der Waals surface area contributed by atoms with E-state index in [1.807, 2.05) is 13.1 Å². The number of fused-ring (bicyclic) bond motifs is 1. The first kappa shape index (κ1) is 15.3. The van der Waals surface area contributed by atoms with Gasteiger partial charge in [-0.2, -0.15) is 0 Å². The van der Waals surface area contributed by atoms with Crippen molar-refractivity contribution in [3.05, 3.63) is 17.7 Å². The summed E-state index contributed by atoms with van der Waals surface area (Å²) in [5.41, 5.74) is 6.66. The zero-order valence-corrected chi connectivity index (χ0v) is 10.9. The maximum Gasteiger partial charge on any atom is 0.112 e. The van der Waals surface area contributed by atoms with Crippen LogP contribution in [0.2, 0.25) is 0 Å².